The van der Waals surface area contributed by atoms with Crippen LogP contribution in [0.25, 0.3) is 11.1 Å². The molecule has 32 heavy (non-hydrogen) atoms. The maximum atomic E-state index is 13.5. The Balaban J connectivity index is 1.94. The largest absolute Gasteiger partial charge is 0.481 e. The summed E-state index contributed by atoms with van der Waals surface area (Å²) in [6, 6.07) is 14.0. The highest BCUT2D eigenvalue weighted by atomic mass is 32.2. The Kier molecular flexibility index (Phi) is 6.75. The van der Waals surface area contributed by atoms with Crippen molar-refractivity contribution in [1.29, 1.82) is 0 Å². The number of nitrogens with two attached hydrogens (primary N) is 1. The van der Waals surface area contributed by atoms with Crippen molar-refractivity contribution in [3.8, 4) is 16.9 Å². The highest BCUT2D eigenvalue weighted by molar-refractivity contribution is 7.89. The van der Waals surface area contributed by atoms with E-state index in [1.165, 1.54) is 13.1 Å². The first-order chi connectivity index (χ1) is 15.1. The van der Waals surface area contributed by atoms with Crippen LogP contribution in [0.1, 0.15) is 5.56 Å². The minimum Gasteiger partial charge on any atom is -0.481 e. The fourth-order valence-corrected chi connectivity index (χ4v) is 4.20. The van der Waals surface area contributed by atoms with E-state index in [2.05, 4.69) is 0 Å². The van der Waals surface area contributed by atoms with Crippen LogP contribution in [0, 0.1) is 11.6 Å². The predicted octanol–water partition coefficient (Wildman–Crippen LogP) is 3.50. The van der Waals surface area contributed by atoms with Crippen LogP contribution in [-0.2, 0) is 21.4 Å². The summed E-state index contributed by atoms with van der Waals surface area (Å²) in [6.07, 6.45) is 0. The van der Waals surface area contributed by atoms with Crippen LogP contribution in [0.3, 0.4) is 0 Å². The number of halogens is 2. The molecule has 0 saturated heterocycles. The van der Waals surface area contributed by atoms with Crippen molar-refractivity contribution in [1.82, 2.24) is 4.31 Å². The third-order valence-corrected chi connectivity index (χ3v) is 6.40. The Bertz CT molecular complexity index is 1260. The molecule has 0 aliphatic heterocycles. The summed E-state index contributed by atoms with van der Waals surface area (Å²) in [5.41, 5.74) is 8.06. The number of benzene rings is 3. The van der Waals surface area contributed by atoms with Gasteiger partial charge in [0.15, 0.2) is 18.2 Å². The lowest BCUT2D eigenvalue weighted by atomic mass is 10.0. The van der Waals surface area contributed by atoms with Crippen molar-refractivity contribution in [2.45, 2.75) is 11.4 Å². The number of hydrogen-bond acceptors (Lipinski definition) is 5. The molecule has 0 radical (unpaired) electrons. The number of anilines is 1. The molecule has 0 bridgehead atoms. The number of ether oxygens (including phenoxy) is 1. The van der Waals surface area contributed by atoms with Gasteiger partial charge in [-0.25, -0.2) is 22.0 Å². The highest BCUT2D eigenvalue weighted by Crippen LogP contribution is 2.33. The molecule has 0 heterocycles. The zero-order valence-electron chi connectivity index (χ0n) is 17.0. The number of rotatable bonds is 8. The molecule has 7 nitrogen and oxygen atoms in total. The Morgan fingerprint density at radius 2 is 1.81 bits per heavy atom. The molecule has 168 valence electrons. The Labute approximate surface area is 183 Å². The van der Waals surface area contributed by atoms with E-state index < -0.39 is 34.2 Å². The lowest BCUT2D eigenvalue weighted by Gasteiger charge is -2.19. The summed E-state index contributed by atoms with van der Waals surface area (Å²) >= 11 is 0. The Morgan fingerprint density at radius 1 is 1.06 bits per heavy atom. The van der Waals surface area contributed by atoms with Crippen molar-refractivity contribution in [3.63, 3.8) is 0 Å². The normalized spacial score (nSPS) is 11.5. The van der Waals surface area contributed by atoms with Gasteiger partial charge < -0.3 is 15.6 Å². The van der Waals surface area contributed by atoms with E-state index in [4.69, 9.17) is 15.6 Å². The molecule has 3 aromatic carbocycles. The minimum absolute atomic E-state index is 0.0874. The highest BCUT2D eigenvalue weighted by Gasteiger charge is 2.23. The Hall–Kier alpha value is -3.50. The maximum absolute atomic E-state index is 13.5. The third-order valence-electron chi connectivity index (χ3n) is 4.60. The average molecular weight is 462 g/mol. The van der Waals surface area contributed by atoms with Gasteiger partial charge in [0.25, 0.3) is 0 Å². The van der Waals surface area contributed by atoms with Crippen molar-refractivity contribution < 1.29 is 31.8 Å². The van der Waals surface area contributed by atoms with Gasteiger partial charge in [-0.1, -0.05) is 18.2 Å². The fraction of sp³-hybridized carbons (Fsp3) is 0.136. The minimum atomic E-state index is -4.09. The average Bonchev–Trinajstić information content (AvgIpc) is 2.74. The number of sulfonamides is 1. The molecule has 0 unspecified atom stereocenters. The van der Waals surface area contributed by atoms with Crippen LogP contribution in [0.2, 0.25) is 0 Å². The van der Waals surface area contributed by atoms with E-state index >= 15 is 0 Å². The first kappa shape index (κ1) is 23.2. The van der Waals surface area contributed by atoms with Gasteiger partial charge in [0.2, 0.25) is 10.0 Å². The van der Waals surface area contributed by atoms with E-state index in [0.717, 1.165) is 16.4 Å². The second-order valence-electron chi connectivity index (χ2n) is 6.98. The molecule has 3 rings (SSSR count). The van der Waals surface area contributed by atoms with Gasteiger partial charge in [-0.05, 0) is 53.6 Å². The van der Waals surface area contributed by atoms with Crippen LogP contribution in [0.4, 0.5) is 14.5 Å². The number of nitrogens with zero attached hydrogens (tertiary/aromatic N) is 1. The van der Waals surface area contributed by atoms with Gasteiger partial charge >= 0.3 is 5.97 Å². The molecular formula is C22H20F2N2O5S. The van der Waals surface area contributed by atoms with E-state index in [9.17, 15) is 22.0 Å². The van der Waals surface area contributed by atoms with Crippen molar-refractivity contribution in [3.05, 3.63) is 77.9 Å². The van der Waals surface area contributed by atoms with E-state index in [-0.39, 0.29) is 17.2 Å². The van der Waals surface area contributed by atoms with Gasteiger partial charge in [0.05, 0.1) is 4.90 Å². The van der Waals surface area contributed by atoms with Gasteiger partial charge in [-0.3, -0.25) is 0 Å². The molecule has 0 amide bonds. The third kappa shape index (κ3) is 5.21. The summed E-state index contributed by atoms with van der Waals surface area (Å²) < 4.78 is 58.6. The van der Waals surface area contributed by atoms with Crippen LogP contribution in [-0.4, -0.2) is 37.5 Å². The number of aliphatic carboxylic acids is 1. The summed E-state index contributed by atoms with van der Waals surface area (Å²) in [6.45, 7) is -0.644. The van der Waals surface area contributed by atoms with Crippen molar-refractivity contribution >= 4 is 21.7 Å². The molecule has 0 atom stereocenters. The summed E-state index contributed by atoms with van der Waals surface area (Å²) in [5, 5.41) is 8.92. The molecule has 0 aromatic heterocycles. The zero-order valence-corrected chi connectivity index (χ0v) is 17.8. The van der Waals surface area contributed by atoms with E-state index in [1.807, 2.05) is 0 Å². The SMILES string of the molecule is CN(Cc1ccc(OCC(=O)O)c(-c2cccc(N)c2)c1)S(=O)(=O)c1ccc(F)c(F)c1. The lowest BCUT2D eigenvalue weighted by Crippen LogP contribution is -2.26. The lowest BCUT2D eigenvalue weighted by molar-refractivity contribution is -0.139. The molecule has 3 N–H and O–H groups in total. The van der Waals surface area contributed by atoms with Gasteiger partial charge in [-0.15, -0.1) is 0 Å². The standard InChI is InChI=1S/C22H20F2N2O5S/c1-26(32(29,30)17-6-7-19(23)20(24)11-17)12-14-5-8-21(31-13-22(27)28)18(9-14)15-3-2-4-16(25)10-15/h2-11H,12-13,25H2,1H3,(H,27,28). The van der Waals surface area contributed by atoms with Crippen LogP contribution in [0.5, 0.6) is 5.75 Å². The van der Waals surface area contributed by atoms with Gasteiger partial charge in [-0.2, -0.15) is 4.31 Å². The molecule has 0 fully saturated rings. The smallest absolute Gasteiger partial charge is 0.341 e. The zero-order chi connectivity index (χ0) is 23.5. The quantitative estimate of drug-likeness (QED) is 0.496. The second-order valence-corrected chi connectivity index (χ2v) is 9.02. The number of carboxylic acid groups (broad SMARTS) is 1. The maximum Gasteiger partial charge on any atom is 0.341 e. The van der Waals surface area contributed by atoms with E-state index in [0.29, 0.717) is 28.4 Å². The number of hydrogen-bond donors (Lipinski definition) is 2. The molecule has 0 aliphatic rings. The van der Waals surface area contributed by atoms with Gasteiger partial charge in [0, 0.05) is 24.8 Å². The summed E-state index contributed by atoms with van der Waals surface area (Å²) in [5.74, 6) is -3.27. The van der Waals surface area contributed by atoms with Crippen molar-refractivity contribution in [2.24, 2.45) is 0 Å². The Morgan fingerprint density at radius 3 is 2.47 bits per heavy atom. The molecule has 3 aromatic rings. The monoisotopic (exact) mass is 462 g/mol. The number of carbonyl (C=O) groups is 1. The number of carboxylic acids is 1. The van der Waals surface area contributed by atoms with Crippen LogP contribution in [0.15, 0.2) is 65.6 Å². The van der Waals surface area contributed by atoms with Crippen LogP contribution < -0.4 is 10.5 Å². The number of nitrogen functional groups attached to an aromatic ring is 1. The molecule has 0 aliphatic carbocycles. The van der Waals surface area contributed by atoms with E-state index in [1.54, 1.807) is 36.4 Å². The topological polar surface area (TPSA) is 110 Å². The molecule has 0 spiro atoms. The van der Waals surface area contributed by atoms with Crippen molar-refractivity contribution in [2.75, 3.05) is 19.4 Å². The van der Waals surface area contributed by atoms with Gasteiger partial charge in [0.1, 0.15) is 5.75 Å². The summed E-state index contributed by atoms with van der Waals surface area (Å²) in [4.78, 5) is 10.5. The first-order valence-electron chi connectivity index (χ1n) is 9.33. The van der Waals surface area contributed by atoms with Crippen LogP contribution >= 0.6 is 0 Å². The second kappa shape index (κ2) is 9.33. The molecule has 0 saturated carbocycles. The predicted molar refractivity (Wildman–Crippen MR) is 114 cm³/mol. The molecular weight excluding hydrogens is 442 g/mol. The fourth-order valence-electron chi connectivity index (χ4n) is 3.03. The summed E-state index contributed by atoms with van der Waals surface area (Å²) in [7, 11) is -2.78. The molecule has 10 heteroatoms. The first-order valence-corrected chi connectivity index (χ1v) is 10.8.